The maximum absolute atomic E-state index is 13.0. The van der Waals surface area contributed by atoms with Gasteiger partial charge in [-0.05, 0) is 24.5 Å². The van der Waals surface area contributed by atoms with Crippen molar-refractivity contribution in [1.82, 2.24) is 0 Å². The van der Waals surface area contributed by atoms with Crippen LogP contribution in [0.1, 0.15) is 31.2 Å². The molecule has 2 saturated heterocycles. The molecule has 2 heterocycles. The summed E-state index contributed by atoms with van der Waals surface area (Å²) in [6.45, 7) is 2.13. The smallest absolute Gasteiger partial charge is 0.154 e. The predicted molar refractivity (Wildman–Crippen MR) is 87.5 cm³/mol. The van der Waals surface area contributed by atoms with E-state index in [1.165, 1.54) is 0 Å². The zero-order valence-electron chi connectivity index (χ0n) is 13.1. The topological polar surface area (TPSA) is 52.6 Å². The Bertz CT molecular complexity index is 686. The maximum Gasteiger partial charge on any atom is 0.154 e. The highest BCUT2D eigenvalue weighted by atomic mass is 79.9. The Morgan fingerprint density at radius 1 is 1.26 bits per heavy atom. The molecule has 0 amide bonds. The highest BCUT2D eigenvalue weighted by Gasteiger charge is 2.65. The fraction of sp³-hybridized carbons (Fsp3) is 0.556. The first-order valence-electron chi connectivity index (χ1n) is 8.13. The third kappa shape index (κ3) is 2.06. The van der Waals surface area contributed by atoms with Gasteiger partial charge < -0.3 is 9.47 Å². The van der Waals surface area contributed by atoms with E-state index in [0.29, 0.717) is 17.2 Å². The molecule has 1 saturated carbocycles. The molecular weight excluding hydrogens is 360 g/mol. The van der Waals surface area contributed by atoms with Crippen molar-refractivity contribution in [3.05, 3.63) is 28.2 Å². The van der Waals surface area contributed by atoms with E-state index in [4.69, 9.17) is 9.47 Å². The second-order valence-corrected chi connectivity index (χ2v) is 7.63. The predicted octanol–water partition coefficient (Wildman–Crippen LogP) is 3.12. The molecule has 122 valence electrons. The summed E-state index contributed by atoms with van der Waals surface area (Å²) in [5.41, 5.74) is 0.688. The lowest BCUT2D eigenvalue weighted by Crippen LogP contribution is -2.34. The molecule has 0 spiro atoms. The summed E-state index contributed by atoms with van der Waals surface area (Å²) in [5, 5.41) is 0. The molecule has 1 aromatic rings. The molecular formula is C18H19BrO4. The number of methoxy groups -OCH3 is 1. The van der Waals surface area contributed by atoms with Crippen molar-refractivity contribution in [3.8, 4) is 5.75 Å². The molecule has 5 heteroatoms. The average Bonchev–Trinajstić information content (AvgIpc) is 3.19. The largest absolute Gasteiger partial charge is 0.496 e. The minimum atomic E-state index is -0.697. The minimum Gasteiger partial charge on any atom is -0.496 e. The molecule has 0 radical (unpaired) electrons. The minimum absolute atomic E-state index is 0.0164. The van der Waals surface area contributed by atoms with Gasteiger partial charge in [-0.15, -0.1) is 0 Å². The quantitative estimate of drug-likeness (QED) is 0.758. The molecule has 4 rings (SSSR count). The van der Waals surface area contributed by atoms with E-state index >= 15 is 0 Å². The monoisotopic (exact) mass is 378 g/mol. The van der Waals surface area contributed by atoms with Crippen LogP contribution in [-0.2, 0) is 14.3 Å². The lowest BCUT2D eigenvalue weighted by atomic mass is 9.74. The molecule has 1 aromatic carbocycles. The molecule has 4 nitrogen and oxygen atoms in total. The van der Waals surface area contributed by atoms with Crippen LogP contribution in [0.2, 0.25) is 0 Å². The number of rotatable bonds is 3. The molecule has 2 bridgehead atoms. The van der Waals surface area contributed by atoms with Crippen LogP contribution in [0.15, 0.2) is 22.7 Å². The van der Waals surface area contributed by atoms with Crippen LogP contribution in [0.25, 0.3) is 0 Å². The molecule has 4 unspecified atom stereocenters. The Balaban J connectivity index is 1.73. The number of fused-ring (bicyclic) bond motifs is 5. The van der Waals surface area contributed by atoms with Crippen LogP contribution >= 0.6 is 15.9 Å². The summed E-state index contributed by atoms with van der Waals surface area (Å²) in [6.07, 6.45) is 1.76. The number of benzene rings is 1. The highest BCUT2D eigenvalue weighted by Crippen LogP contribution is 2.55. The summed E-state index contributed by atoms with van der Waals surface area (Å²) >= 11 is 3.40. The van der Waals surface area contributed by atoms with Gasteiger partial charge >= 0.3 is 0 Å². The molecule has 3 fully saturated rings. The molecule has 1 aliphatic carbocycles. The zero-order chi connectivity index (χ0) is 16.3. The molecule has 3 aliphatic rings. The summed E-state index contributed by atoms with van der Waals surface area (Å²) < 4.78 is 12.2. The van der Waals surface area contributed by atoms with E-state index in [-0.39, 0.29) is 35.6 Å². The van der Waals surface area contributed by atoms with Gasteiger partial charge in [-0.1, -0.05) is 35.3 Å². The van der Waals surface area contributed by atoms with Crippen molar-refractivity contribution < 1.29 is 19.1 Å². The van der Waals surface area contributed by atoms with Gasteiger partial charge in [-0.2, -0.15) is 0 Å². The first-order chi connectivity index (χ1) is 11.1. The van der Waals surface area contributed by atoms with Crippen molar-refractivity contribution >= 4 is 27.5 Å². The van der Waals surface area contributed by atoms with Crippen LogP contribution in [0.4, 0.5) is 0 Å². The fourth-order valence-corrected chi connectivity index (χ4v) is 5.04. The van der Waals surface area contributed by atoms with Gasteiger partial charge in [0.2, 0.25) is 0 Å². The van der Waals surface area contributed by atoms with E-state index in [1.54, 1.807) is 7.11 Å². The van der Waals surface area contributed by atoms with Crippen molar-refractivity contribution in [2.24, 2.45) is 17.8 Å². The van der Waals surface area contributed by atoms with Crippen LogP contribution in [0.3, 0.4) is 0 Å². The van der Waals surface area contributed by atoms with Gasteiger partial charge in [0, 0.05) is 10.0 Å². The Labute approximate surface area is 143 Å². The third-order valence-corrected chi connectivity index (χ3v) is 6.22. The summed E-state index contributed by atoms with van der Waals surface area (Å²) in [7, 11) is 1.57. The van der Waals surface area contributed by atoms with E-state index in [9.17, 15) is 9.59 Å². The number of carbonyl (C=O) groups is 2. The van der Waals surface area contributed by atoms with Crippen molar-refractivity contribution in [2.45, 2.75) is 37.9 Å². The second kappa shape index (κ2) is 5.42. The number of hydrogen-bond donors (Lipinski definition) is 0. The van der Waals surface area contributed by atoms with E-state index in [2.05, 4.69) is 22.9 Å². The first kappa shape index (κ1) is 15.3. The fourth-order valence-electron chi connectivity index (χ4n) is 4.70. The van der Waals surface area contributed by atoms with Crippen molar-refractivity contribution in [3.63, 3.8) is 0 Å². The van der Waals surface area contributed by atoms with E-state index in [1.807, 2.05) is 18.2 Å². The second-order valence-electron chi connectivity index (χ2n) is 6.72. The first-order valence-corrected chi connectivity index (χ1v) is 8.92. The third-order valence-electron chi connectivity index (χ3n) is 5.73. The highest BCUT2D eigenvalue weighted by molar-refractivity contribution is 9.10. The van der Waals surface area contributed by atoms with Gasteiger partial charge in [0.25, 0.3) is 0 Å². The number of ketones is 2. The summed E-state index contributed by atoms with van der Waals surface area (Å²) in [5.74, 6) is -0.181. The lowest BCUT2D eigenvalue weighted by Gasteiger charge is -2.24. The Hall–Kier alpha value is -1.20. The number of ether oxygens (including phenoxy) is 2. The lowest BCUT2D eigenvalue weighted by molar-refractivity contribution is -0.127. The number of halogens is 1. The molecule has 6 atom stereocenters. The van der Waals surface area contributed by atoms with Crippen molar-refractivity contribution in [2.75, 3.05) is 7.11 Å². The van der Waals surface area contributed by atoms with Gasteiger partial charge in [-0.25, -0.2) is 0 Å². The van der Waals surface area contributed by atoms with Gasteiger partial charge in [-0.3, -0.25) is 9.59 Å². The number of Topliss-reactive ketones (excluding diaryl/α,β-unsaturated/α-hetero) is 2. The molecule has 0 N–H and O–H groups in total. The Morgan fingerprint density at radius 3 is 2.70 bits per heavy atom. The van der Waals surface area contributed by atoms with Crippen LogP contribution in [0.5, 0.6) is 5.75 Å². The maximum atomic E-state index is 13.0. The van der Waals surface area contributed by atoms with Crippen LogP contribution in [-0.4, -0.2) is 30.9 Å². The van der Waals surface area contributed by atoms with Crippen LogP contribution in [0, 0.1) is 17.8 Å². The molecule has 2 aliphatic heterocycles. The standard InChI is InChI=1S/C18H19BrO4/c1-3-8-6-12-14-15(18(8)23-12)17(21)13(16(14)20)10-5-4-9(19)7-11(10)22-2/h4-5,7-8,12-15,18H,3,6H2,1-2H3/t8?,12?,13?,14-,15+,18?/m0/s1. The van der Waals surface area contributed by atoms with Crippen molar-refractivity contribution in [1.29, 1.82) is 0 Å². The van der Waals surface area contributed by atoms with Crippen LogP contribution < -0.4 is 4.74 Å². The number of hydrogen-bond acceptors (Lipinski definition) is 4. The van der Waals surface area contributed by atoms with E-state index < -0.39 is 5.92 Å². The summed E-state index contributed by atoms with van der Waals surface area (Å²) in [6, 6.07) is 5.49. The van der Waals surface area contributed by atoms with Gasteiger partial charge in [0.15, 0.2) is 11.6 Å². The normalized spacial score (nSPS) is 38.2. The molecule has 0 aromatic heterocycles. The summed E-state index contributed by atoms with van der Waals surface area (Å²) in [4.78, 5) is 26.0. The van der Waals surface area contributed by atoms with E-state index in [0.717, 1.165) is 17.3 Å². The van der Waals surface area contributed by atoms with Gasteiger partial charge in [0.1, 0.15) is 11.7 Å². The SMILES string of the molecule is CCC1CC2OC1[C@H]1C(=O)C(c3ccc(Br)cc3OC)C(=O)[C@@H]21. The number of carbonyl (C=O) groups excluding carboxylic acids is 2. The Morgan fingerprint density at radius 2 is 2.00 bits per heavy atom. The molecule has 23 heavy (non-hydrogen) atoms. The average molecular weight is 379 g/mol. The van der Waals surface area contributed by atoms with Gasteiger partial charge in [0.05, 0.1) is 31.2 Å². The zero-order valence-corrected chi connectivity index (χ0v) is 14.7. The Kier molecular flexibility index (Phi) is 3.61.